The van der Waals surface area contributed by atoms with Crippen LogP contribution >= 0.6 is 12.6 Å². The van der Waals surface area contributed by atoms with Crippen LogP contribution < -0.4 is 0 Å². The molecule has 1 aromatic carbocycles. The highest BCUT2D eigenvalue weighted by Crippen LogP contribution is 2.23. The predicted molar refractivity (Wildman–Crippen MR) is 44.1 cm³/mol. The van der Waals surface area contributed by atoms with Gasteiger partial charge in [0, 0.05) is 5.56 Å². The first-order valence-electron chi connectivity index (χ1n) is 3.24. The van der Waals surface area contributed by atoms with Gasteiger partial charge in [-0.15, -0.1) is 0 Å². The normalized spacial score (nSPS) is 12.6. The Bertz CT molecular complexity index is 281. The fourth-order valence-corrected chi connectivity index (χ4v) is 1.11. The maximum absolute atomic E-state index is 12.8. The van der Waals surface area contributed by atoms with Crippen molar-refractivity contribution in [1.29, 1.82) is 0 Å². The summed E-state index contributed by atoms with van der Waals surface area (Å²) in [5.41, 5.74) is -0.296. The Kier molecular flexibility index (Phi) is 2.81. The summed E-state index contributed by atoms with van der Waals surface area (Å²) >= 11 is 3.71. The van der Waals surface area contributed by atoms with Crippen molar-refractivity contribution < 1.29 is 13.6 Å². The van der Waals surface area contributed by atoms with Gasteiger partial charge >= 0.3 is 0 Å². The fraction of sp³-hybridized carbons (Fsp3) is 0.125. The second-order valence-corrected chi connectivity index (χ2v) is 2.77. The summed E-state index contributed by atoms with van der Waals surface area (Å²) in [6, 6.07) is 3.41. The predicted octanol–water partition coefficient (Wildman–Crippen LogP) is 2.13. The van der Waals surface area contributed by atoms with Crippen LogP contribution in [0.2, 0.25) is 0 Å². The number of carbonyl (C=O) groups excluding carboxylic acids is 1. The SMILES string of the molecule is O=CC(S)c1c(F)cccc1F. The van der Waals surface area contributed by atoms with Crippen molar-refractivity contribution in [1.82, 2.24) is 0 Å². The molecule has 0 radical (unpaired) electrons. The summed E-state index contributed by atoms with van der Waals surface area (Å²) in [4.78, 5) is 10.2. The summed E-state index contributed by atoms with van der Waals surface area (Å²) in [7, 11) is 0. The highest BCUT2D eigenvalue weighted by atomic mass is 32.1. The molecule has 0 amide bonds. The Labute approximate surface area is 73.8 Å². The van der Waals surface area contributed by atoms with Crippen LogP contribution in [0.15, 0.2) is 18.2 Å². The Hall–Kier alpha value is -0.900. The molecule has 0 fully saturated rings. The average molecular weight is 188 g/mol. The zero-order valence-electron chi connectivity index (χ0n) is 6.00. The molecule has 0 aliphatic rings. The number of hydrogen-bond acceptors (Lipinski definition) is 2. The zero-order valence-corrected chi connectivity index (χ0v) is 6.89. The molecule has 0 aromatic heterocycles. The van der Waals surface area contributed by atoms with Crippen LogP contribution in [0.4, 0.5) is 8.78 Å². The quantitative estimate of drug-likeness (QED) is 0.555. The lowest BCUT2D eigenvalue weighted by Gasteiger charge is -2.05. The van der Waals surface area contributed by atoms with E-state index in [4.69, 9.17) is 0 Å². The molecule has 64 valence electrons. The Morgan fingerprint density at radius 2 is 1.83 bits per heavy atom. The minimum absolute atomic E-state index is 0.296. The van der Waals surface area contributed by atoms with Crippen molar-refractivity contribution in [3.63, 3.8) is 0 Å². The maximum Gasteiger partial charge on any atom is 0.137 e. The van der Waals surface area contributed by atoms with Gasteiger partial charge in [-0.2, -0.15) is 12.6 Å². The van der Waals surface area contributed by atoms with E-state index in [1.54, 1.807) is 0 Å². The summed E-state index contributed by atoms with van der Waals surface area (Å²) in [5, 5.41) is -1.04. The molecule has 1 rings (SSSR count). The number of hydrogen-bond donors (Lipinski definition) is 1. The minimum atomic E-state index is -1.04. The maximum atomic E-state index is 12.8. The van der Waals surface area contributed by atoms with E-state index in [2.05, 4.69) is 12.6 Å². The van der Waals surface area contributed by atoms with Crippen LogP contribution in [-0.2, 0) is 4.79 Å². The molecule has 0 heterocycles. The minimum Gasteiger partial charge on any atom is -0.302 e. The topological polar surface area (TPSA) is 17.1 Å². The Balaban J connectivity index is 3.20. The summed E-state index contributed by atoms with van der Waals surface area (Å²) < 4.78 is 25.7. The van der Waals surface area contributed by atoms with Gasteiger partial charge in [-0.05, 0) is 12.1 Å². The Morgan fingerprint density at radius 1 is 1.33 bits per heavy atom. The van der Waals surface area contributed by atoms with Crippen molar-refractivity contribution >= 4 is 18.9 Å². The van der Waals surface area contributed by atoms with Crippen LogP contribution in [0.5, 0.6) is 0 Å². The first-order valence-corrected chi connectivity index (χ1v) is 3.75. The molecular formula is C8H6F2OS. The molecule has 0 spiro atoms. The van der Waals surface area contributed by atoms with Crippen molar-refractivity contribution in [3.05, 3.63) is 35.4 Å². The lowest BCUT2D eigenvalue weighted by Crippen LogP contribution is -1.99. The van der Waals surface area contributed by atoms with E-state index in [1.807, 2.05) is 0 Å². The van der Waals surface area contributed by atoms with Gasteiger partial charge in [0.2, 0.25) is 0 Å². The van der Waals surface area contributed by atoms with E-state index in [-0.39, 0.29) is 5.56 Å². The van der Waals surface area contributed by atoms with Crippen LogP contribution in [0.25, 0.3) is 0 Å². The molecule has 0 aliphatic carbocycles. The molecule has 1 unspecified atom stereocenters. The average Bonchev–Trinajstić information content (AvgIpc) is 2.03. The van der Waals surface area contributed by atoms with Crippen molar-refractivity contribution in [2.45, 2.75) is 5.25 Å². The van der Waals surface area contributed by atoms with E-state index in [9.17, 15) is 13.6 Å². The summed E-state index contributed by atoms with van der Waals surface area (Å²) in [6.07, 6.45) is 0.380. The van der Waals surface area contributed by atoms with E-state index >= 15 is 0 Å². The molecule has 1 aromatic rings. The first-order chi connectivity index (χ1) is 5.66. The third-order valence-corrected chi connectivity index (χ3v) is 1.80. The third-order valence-electron chi connectivity index (χ3n) is 1.42. The van der Waals surface area contributed by atoms with Gasteiger partial charge in [0.1, 0.15) is 17.9 Å². The van der Waals surface area contributed by atoms with Crippen LogP contribution in [0, 0.1) is 11.6 Å². The smallest absolute Gasteiger partial charge is 0.137 e. The van der Waals surface area contributed by atoms with Gasteiger partial charge in [0.05, 0.1) is 5.25 Å². The number of benzene rings is 1. The molecular weight excluding hydrogens is 182 g/mol. The van der Waals surface area contributed by atoms with Crippen molar-refractivity contribution in [3.8, 4) is 0 Å². The highest BCUT2D eigenvalue weighted by molar-refractivity contribution is 7.81. The van der Waals surface area contributed by atoms with Gasteiger partial charge in [-0.1, -0.05) is 6.07 Å². The first kappa shape index (κ1) is 9.19. The molecule has 12 heavy (non-hydrogen) atoms. The third kappa shape index (κ3) is 1.64. The van der Waals surface area contributed by atoms with Crippen LogP contribution in [-0.4, -0.2) is 6.29 Å². The number of rotatable bonds is 2. The van der Waals surface area contributed by atoms with Gasteiger partial charge in [-0.25, -0.2) is 8.78 Å². The molecule has 0 N–H and O–H groups in total. The molecule has 0 aliphatic heterocycles. The lowest BCUT2D eigenvalue weighted by molar-refractivity contribution is -0.107. The van der Waals surface area contributed by atoms with Gasteiger partial charge in [0.25, 0.3) is 0 Å². The summed E-state index contributed by atoms with van der Waals surface area (Å²) in [5.74, 6) is -1.50. The number of aldehydes is 1. The standard InChI is InChI=1S/C8H6F2OS/c9-5-2-1-3-6(10)8(5)7(12)4-11/h1-4,7,12H. The Morgan fingerprint density at radius 3 is 2.25 bits per heavy atom. The second-order valence-electron chi connectivity index (χ2n) is 2.22. The molecule has 0 bridgehead atoms. The molecule has 4 heteroatoms. The summed E-state index contributed by atoms with van der Waals surface area (Å²) in [6.45, 7) is 0. The molecule has 1 atom stereocenters. The van der Waals surface area contributed by atoms with Crippen LogP contribution in [0.1, 0.15) is 10.8 Å². The molecule has 0 saturated heterocycles. The highest BCUT2D eigenvalue weighted by Gasteiger charge is 2.15. The second kappa shape index (κ2) is 3.67. The van der Waals surface area contributed by atoms with E-state index in [1.165, 1.54) is 6.07 Å². The van der Waals surface area contributed by atoms with E-state index in [0.29, 0.717) is 6.29 Å². The fourth-order valence-electron chi connectivity index (χ4n) is 0.861. The zero-order chi connectivity index (χ0) is 9.14. The van der Waals surface area contributed by atoms with Crippen molar-refractivity contribution in [2.75, 3.05) is 0 Å². The van der Waals surface area contributed by atoms with Crippen LogP contribution in [0.3, 0.4) is 0 Å². The van der Waals surface area contributed by atoms with Gasteiger partial charge in [-0.3, -0.25) is 0 Å². The number of thiol groups is 1. The van der Waals surface area contributed by atoms with E-state index < -0.39 is 16.9 Å². The largest absolute Gasteiger partial charge is 0.302 e. The lowest BCUT2D eigenvalue weighted by atomic mass is 10.1. The van der Waals surface area contributed by atoms with Gasteiger partial charge < -0.3 is 4.79 Å². The van der Waals surface area contributed by atoms with E-state index in [0.717, 1.165) is 12.1 Å². The monoisotopic (exact) mass is 188 g/mol. The number of halogens is 2. The molecule has 1 nitrogen and oxygen atoms in total. The van der Waals surface area contributed by atoms with Gasteiger partial charge in [0.15, 0.2) is 0 Å². The van der Waals surface area contributed by atoms with Crippen molar-refractivity contribution in [2.24, 2.45) is 0 Å². The number of carbonyl (C=O) groups is 1. The molecule has 0 saturated carbocycles.